The highest BCUT2D eigenvalue weighted by atomic mass is 35.5. The second-order valence-electron chi connectivity index (χ2n) is 6.73. The molecule has 1 aromatic rings. The molecule has 1 aliphatic heterocycles. The van der Waals surface area contributed by atoms with Crippen LogP contribution in [-0.2, 0) is 22.7 Å². The molecule has 1 aromatic carbocycles. The molecule has 0 saturated carbocycles. The van der Waals surface area contributed by atoms with E-state index >= 15 is 0 Å². The van der Waals surface area contributed by atoms with Crippen LogP contribution in [0.5, 0.6) is 0 Å². The summed E-state index contributed by atoms with van der Waals surface area (Å²) in [5, 5.41) is 14.0. The standard InChI is InChI=1S/C19H28ClN3O3/c1-3-19(26,4-2)18(25)23-9-5-6-16(23)17(24)22-12-14-10-15(20)8-7-13(14)11-21/h7-8,10,16,26H,3-6,9,11-12,21H2,1-2H3,(H,22,24)/t16-/m0/s1. The van der Waals surface area contributed by atoms with Crippen LogP contribution in [-0.4, -0.2) is 40.0 Å². The van der Waals surface area contributed by atoms with Crippen molar-refractivity contribution in [3.05, 3.63) is 34.3 Å². The molecule has 144 valence electrons. The Hall–Kier alpha value is -1.63. The number of rotatable bonds is 7. The molecule has 2 rings (SSSR count). The van der Waals surface area contributed by atoms with E-state index in [9.17, 15) is 14.7 Å². The Bertz CT molecular complexity index is 661. The number of carbonyl (C=O) groups is 2. The lowest BCUT2D eigenvalue weighted by Crippen LogP contribution is -2.53. The highest BCUT2D eigenvalue weighted by Crippen LogP contribution is 2.25. The molecular formula is C19H28ClN3O3. The van der Waals surface area contributed by atoms with Crippen molar-refractivity contribution in [2.24, 2.45) is 5.73 Å². The molecule has 1 aliphatic rings. The maximum Gasteiger partial charge on any atom is 0.255 e. The smallest absolute Gasteiger partial charge is 0.255 e. The fourth-order valence-corrected chi connectivity index (χ4v) is 3.56. The minimum atomic E-state index is -1.40. The van der Waals surface area contributed by atoms with E-state index in [0.717, 1.165) is 17.5 Å². The number of benzene rings is 1. The number of hydrogen-bond donors (Lipinski definition) is 3. The highest BCUT2D eigenvalue weighted by molar-refractivity contribution is 6.30. The van der Waals surface area contributed by atoms with Gasteiger partial charge in [0.1, 0.15) is 11.6 Å². The van der Waals surface area contributed by atoms with Crippen LogP contribution in [0, 0.1) is 0 Å². The fraction of sp³-hybridized carbons (Fsp3) is 0.579. The number of halogens is 1. The Morgan fingerprint density at radius 1 is 1.35 bits per heavy atom. The van der Waals surface area contributed by atoms with Gasteiger partial charge in [0.25, 0.3) is 5.91 Å². The molecule has 0 aliphatic carbocycles. The van der Waals surface area contributed by atoms with Gasteiger partial charge in [0.2, 0.25) is 5.91 Å². The van der Waals surface area contributed by atoms with Gasteiger partial charge in [-0.1, -0.05) is 31.5 Å². The van der Waals surface area contributed by atoms with Crippen LogP contribution < -0.4 is 11.1 Å². The largest absolute Gasteiger partial charge is 0.380 e. The van der Waals surface area contributed by atoms with Gasteiger partial charge < -0.3 is 21.1 Å². The quantitative estimate of drug-likeness (QED) is 0.672. The minimum absolute atomic E-state index is 0.214. The van der Waals surface area contributed by atoms with Gasteiger partial charge in [-0.3, -0.25) is 9.59 Å². The van der Waals surface area contributed by atoms with Crippen molar-refractivity contribution in [2.75, 3.05) is 6.54 Å². The molecule has 4 N–H and O–H groups in total. The van der Waals surface area contributed by atoms with Gasteiger partial charge in [0.15, 0.2) is 0 Å². The van der Waals surface area contributed by atoms with Gasteiger partial charge in [0.05, 0.1) is 0 Å². The lowest BCUT2D eigenvalue weighted by molar-refractivity contribution is -0.155. The number of carbonyl (C=O) groups excluding carboxylic acids is 2. The monoisotopic (exact) mass is 381 g/mol. The Kier molecular flexibility index (Phi) is 7.03. The first kappa shape index (κ1) is 20.7. The number of likely N-dealkylation sites (tertiary alicyclic amines) is 1. The summed E-state index contributed by atoms with van der Waals surface area (Å²) in [7, 11) is 0. The normalized spacial score (nSPS) is 17.4. The van der Waals surface area contributed by atoms with Crippen molar-refractivity contribution < 1.29 is 14.7 Å². The highest BCUT2D eigenvalue weighted by Gasteiger charge is 2.42. The fourth-order valence-electron chi connectivity index (χ4n) is 3.36. The summed E-state index contributed by atoms with van der Waals surface area (Å²) in [6.45, 7) is 4.71. The van der Waals surface area contributed by atoms with Crippen molar-refractivity contribution in [1.82, 2.24) is 10.2 Å². The Morgan fingerprint density at radius 3 is 2.65 bits per heavy atom. The van der Waals surface area contributed by atoms with E-state index in [1.807, 2.05) is 6.07 Å². The van der Waals surface area contributed by atoms with E-state index in [4.69, 9.17) is 17.3 Å². The molecule has 1 heterocycles. The van der Waals surface area contributed by atoms with Crippen LogP contribution in [0.15, 0.2) is 18.2 Å². The maximum atomic E-state index is 12.7. The first-order valence-electron chi connectivity index (χ1n) is 9.14. The number of nitrogens with zero attached hydrogens (tertiary/aromatic N) is 1. The third-order valence-corrected chi connectivity index (χ3v) is 5.46. The zero-order valence-corrected chi connectivity index (χ0v) is 16.2. The number of amides is 2. The summed E-state index contributed by atoms with van der Waals surface area (Å²) in [5.41, 5.74) is 6.11. The first-order valence-corrected chi connectivity index (χ1v) is 9.52. The summed E-state index contributed by atoms with van der Waals surface area (Å²) in [4.78, 5) is 26.9. The van der Waals surface area contributed by atoms with Crippen LogP contribution in [0.3, 0.4) is 0 Å². The van der Waals surface area contributed by atoms with Gasteiger partial charge in [-0.2, -0.15) is 0 Å². The molecule has 0 spiro atoms. The van der Waals surface area contributed by atoms with E-state index in [1.165, 1.54) is 4.90 Å². The van der Waals surface area contributed by atoms with Crippen LogP contribution in [0.2, 0.25) is 5.02 Å². The van der Waals surface area contributed by atoms with Crippen molar-refractivity contribution in [2.45, 2.75) is 64.3 Å². The van der Waals surface area contributed by atoms with Crippen molar-refractivity contribution in [3.63, 3.8) is 0 Å². The third kappa shape index (κ3) is 4.37. The molecule has 6 nitrogen and oxygen atoms in total. The molecule has 1 fully saturated rings. The predicted molar refractivity (Wildman–Crippen MR) is 101 cm³/mol. The summed E-state index contributed by atoms with van der Waals surface area (Å²) < 4.78 is 0. The maximum absolute atomic E-state index is 12.7. The van der Waals surface area contributed by atoms with Crippen LogP contribution >= 0.6 is 11.6 Å². The van der Waals surface area contributed by atoms with Gasteiger partial charge in [-0.25, -0.2) is 0 Å². The number of hydrogen-bond acceptors (Lipinski definition) is 4. The predicted octanol–water partition coefficient (Wildman–Crippen LogP) is 1.96. The summed E-state index contributed by atoms with van der Waals surface area (Å²) in [5.74, 6) is -0.570. The van der Waals surface area contributed by atoms with Gasteiger partial charge >= 0.3 is 0 Å². The molecule has 0 unspecified atom stereocenters. The van der Waals surface area contributed by atoms with Crippen molar-refractivity contribution in [1.29, 1.82) is 0 Å². The average Bonchev–Trinajstić information content (AvgIpc) is 3.14. The number of aliphatic hydroxyl groups is 1. The zero-order chi connectivity index (χ0) is 19.3. The Morgan fingerprint density at radius 2 is 2.04 bits per heavy atom. The molecule has 1 atom stereocenters. The number of nitrogens with two attached hydrogens (primary N) is 1. The average molecular weight is 382 g/mol. The van der Waals surface area contributed by atoms with Crippen molar-refractivity contribution in [3.8, 4) is 0 Å². The molecule has 7 heteroatoms. The second-order valence-corrected chi connectivity index (χ2v) is 7.17. The summed E-state index contributed by atoms with van der Waals surface area (Å²) >= 11 is 6.03. The summed E-state index contributed by atoms with van der Waals surface area (Å²) in [6, 6.07) is 4.85. The number of nitrogens with one attached hydrogen (secondary N) is 1. The summed E-state index contributed by atoms with van der Waals surface area (Å²) in [6.07, 6.45) is 2.00. The molecule has 2 amide bonds. The lowest BCUT2D eigenvalue weighted by Gasteiger charge is -2.32. The topological polar surface area (TPSA) is 95.7 Å². The van der Waals surface area contributed by atoms with Gasteiger partial charge in [-0.15, -0.1) is 0 Å². The SMILES string of the molecule is CCC(O)(CC)C(=O)N1CCC[C@H]1C(=O)NCc1cc(Cl)ccc1CN. The van der Waals surface area contributed by atoms with Gasteiger partial charge in [0, 0.05) is 24.7 Å². The molecule has 26 heavy (non-hydrogen) atoms. The molecule has 0 radical (unpaired) electrons. The van der Waals surface area contributed by atoms with Gasteiger partial charge in [-0.05, 0) is 48.9 Å². The minimum Gasteiger partial charge on any atom is -0.380 e. The zero-order valence-electron chi connectivity index (χ0n) is 15.4. The Labute approximate surface area is 159 Å². The van der Waals surface area contributed by atoms with E-state index in [0.29, 0.717) is 43.9 Å². The third-order valence-electron chi connectivity index (χ3n) is 5.23. The second kappa shape index (κ2) is 8.84. The van der Waals surface area contributed by atoms with E-state index in [1.54, 1.807) is 26.0 Å². The van der Waals surface area contributed by atoms with E-state index in [2.05, 4.69) is 5.32 Å². The van der Waals surface area contributed by atoms with E-state index in [-0.39, 0.29) is 11.8 Å². The van der Waals surface area contributed by atoms with Crippen LogP contribution in [0.4, 0.5) is 0 Å². The first-order chi connectivity index (χ1) is 12.4. The molecular weight excluding hydrogens is 354 g/mol. The van der Waals surface area contributed by atoms with Crippen LogP contribution in [0.25, 0.3) is 0 Å². The molecule has 1 saturated heterocycles. The van der Waals surface area contributed by atoms with E-state index < -0.39 is 11.6 Å². The Balaban J connectivity index is 2.07. The molecule has 0 aromatic heterocycles. The van der Waals surface area contributed by atoms with Crippen molar-refractivity contribution >= 4 is 23.4 Å². The van der Waals surface area contributed by atoms with Crippen LogP contribution in [0.1, 0.15) is 50.7 Å². The molecule has 0 bridgehead atoms. The lowest BCUT2D eigenvalue weighted by atomic mass is 9.95.